The highest BCUT2D eigenvalue weighted by Gasteiger charge is 2.24. The Bertz CT molecular complexity index is 25.7. The Morgan fingerprint density at radius 1 is 0.857 bits per heavy atom. The van der Waals surface area contributed by atoms with E-state index in [1.54, 1.807) is 0 Å². The maximum Gasteiger partial charge on any atom is 0.732 e. The molecule has 0 bridgehead atoms. The van der Waals surface area contributed by atoms with Crippen molar-refractivity contribution in [2.45, 2.75) is 0 Å². The van der Waals surface area contributed by atoms with E-state index in [0.29, 0.717) is 0 Å². The maximum absolute atomic E-state index is 8.94. The molecule has 0 aromatic carbocycles. The predicted molar refractivity (Wildman–Crippen MR) is 11.1 cm³/mol. The lowest BCUT2D eigenvalue weighted by atomic mass is 10.3. The van der Waals surface area contributed by atoms with Gasteiger partial charge in [0, 0.05) is 0 Å². The van der Waals surface area contributed by atoms with Crippen molar-refractivity contribution in [3.05, 3.63) is 0 Å². The first-order valence-corrected chi connectivity index (χ1v) is 1.21. The highest BCUT2D eigenvalue weighted by Crippen LogP contribution is 1.82. The van der Waals surface area contributed by atoms with E-state index in [4.69, 9.17) is 15.8 Å². The highest BCUT2D eigenvalue weighted by molar-refractivity contribution is 6.34. The van der Waals surface area contributed by atoms with Crippen molar-refractivity contribution in [3.63, 3.8) is 0 Å². The molecule has 0 aromatic heterocycles. The molecule has 6 nitrogen and oxygen atoms in total. The molecule has 3 radical (unpaired) electrons. The zero-order chi connectivity index (χ0) is 5.70. The van der Waals surface area contributed by atoms with Crippen LogP contribution in [0.5, 0.6) is 0 Å². The number of hydrogen-bond donors (Lipinski definition) is 0. The standard InChI is InChI=1S/BO6/c2-5-1(6-3)7-4. The lowest BCUT2D eigenvalue weighted by Crippen LogP contribution is -2.20. The molecule has 39 valence electrons. The van der Waals surface area contributed by atoms with Gasteiger partial charge in [0.25, 0.3) is 0 Å². The maximum atomic E-state index is 8.94. The SMILES string of the molecule is [O]OB(O[O])O[O]. The minimum atomic E-state index is -2.18. The summed E-state index contributed by atoms with van der Waals surface area (Å²) in [6, 6.07) is 0. The van der Waals surface area contributed by atoms with Crippen molar-refractivity contribution in [1.82, 2.24) is 0 Å². The van der Waals surface area contributed by atoms with Gasteiger partial charge in [0.15, 0.2) is 0 Å². The third-order valence-electron chi connectivity index (χ3n) is 0.236. The van der Waals surface area contributed by atoms with Crippen LogP contribution in [-0.2, 0) is 30.2 Å². The summed E-state index contributed by atoms with van der Waals surface area (Å²) in [5.41, 5.74) is 0. The Kier molecular flexibility index (Phi) is 3.90. The molecular formula is BO6. The van der Waals surface area contributed by atoms with Crippen LogP contribution in [0.1, 0.15) is 0 Å². The molecule has 0 aliphatic carbocycles. The van der Waals surface area contributed by atoms with Gasteiger partial charge in [-0.2, -0.15) is 14.4 Å². The molecule has 0 fully saturated rings. The molecule has 0 unspecified atom stereocenters. The van der Waals surface area contributed by atoms with E-state index in [9.17, 15) is 0 Å². The first-order chi connectivity index (χ1) is 3.35. The van der Waals surface area contributed by atoms with Gasteiger partial charge in [0.1, 0.15) is 0 Å². The van der Waals surface area contributed by atoms with Crippen LogP contribution in [0.4, 0.5) is 0 Å². The molecule has 0 spiro atoms. The number of rotatable bonds is 3. The zero-order valence-corrected chi connectivity index (χ0v) is 3.03. The Morgan fingerprint density at radius 2 is 1.14 bits per heavy atom. The Labute approximate surface area is 38.8 Å². The van der Waals surface area contributed by atoms with E-state index in [-0.39, 0.29) is 0 Å². The van der Waals surface area contributed by atoms with Crippen molar-refractivity contribution in [2.24, 2.45) is 0 Å². The van der Waals surface area contributed by atoms with Crippen molar-refractivity contribution >= 4 is 7.32 Å². The summed E-state index contributed by atoms with van der Waals surface area (Å²) in [6.07, 6.45) is 0. The molecule has 7 heavy (non-hydrogen) atoms. The van der Waals surface area contributed by atoms with E-state index in [1.165, 1.54) is 0 Å². The van der Waals surface area contributed by atoms with Crippen molar-refractivity contribution in [3.8, 4) is 0 Å². The first-order valence-electron chi connectivity index (χ1n) is 1.21. The number of hydrogen-bond acceptors (Lipinski definition) is 3. The first kappa shape index (κ1) is 6.82. The minimum absolute atomic E-state index is 2.18. The van der Waals surface area contributed by atoms with Crippen LogP contribution in [0.25, 0.3) is 0 Å². The third kappa shape index (κ3) is 2.51. The molecule has 0 atom stereocenters. The molecule has 0 heterocycles. The molecule has 7 heteroatoms. The Hall–Kier alpha value is -0.175. The van der Waals surface area contributed by atoms with E-state index in [0.717, 1.165) is 0 Å². The second-order valence-electron chi connectivity index (χ2n) is 0.577. The van der Waals surface area contributed by atoms with Crippen molar-refractivity contribution in [1.29, 1.82) is 0 Å². The summed E-state index contributed by atoms with van der Waals surface area (Å²) >= 11 is 0. The lowest BCUT2D eigenvalue weighted by molar-refractivity contribution is -0.360. The van der Waals surface area contributed by atoms with Crippen LogP contribution in [0, 0.1) is 0 Å². The van der Waals surface area contributed by atoms with Gasteiger partial charge < -0.3 is 0 Å². The quantitative estimate of drug-likeness (QED) is 0.264. The average Bonchev–Trinajstić information content (AvgIpc) is 1.72. The topological polar surface area (TPSA) is 87.4 Å². The van der Waals surface area contributed by atoms with Gasteiger partial charge in [-0.1, -0.05) is 0 Å². The molecule has 0 rings (SSSR count). The lowest BCUT2D eigenvalue weighted by Gasteiger charge is -1.88. The van der Waals surface area contributed by atoms with E-state index in [1.807, 2.05) is 0 Å². The summed E-state index contributed by atoms with van der Waals surface area (Å²) in [5.74, 6) is 0. The van der Waals surface area contributed by atoms with Gasteiger partial charge in [-0.3, -0.25) is 0 Å². The fraction of sp³-hybridized carbons (Fsp3) is 0. The van der Waals surface area contributed by atoms with Gasteiger partial charge in [-0.25, -0.2) is 0 Å². The van der Waals surface area contributed by atoms with Crippen LogP contribution in [0.15, 0.2) is 0 Å². The van der Waals surface area contributed by atoms with Gasteiger partial charge in [-0.05, 0) is 15.8 Å². The highest BCUT2D eigenvalue weighted by atomic mass is 17.3. The molecule has 0 aromatic rings. The summed E-state index contributed by atoms with van der Waals surface area (Å²) in [5, 5.41) is 26.8. The summed E-state index contributed by atoms with van der Waals surface area (Å²) in [6.45, 7) is 0. The van der Waals surface area contributed by atoms with Crippen LogP contribution < -0.4 is 0 Å². The van der Waals surface area contributed by atoms with E-state index >= 15 is 0 Å². The molecule has 0 saturated carbocycles. The minimum Gasteiger partial charge on any atom is -0.195 e. The Balaban J connectivity index is 2.99. The van der Waals surface area contributed by atoms with Crippen LogP contribution in [-0.4, -0.2) is 7.32 Å². The van der Waals surface area contributed by atoms with Gasteiger partial charge in [0.05, 0.1) is 0 Å². The predicted octanol–water partition coefficient (Wildman–Crippen LogP) is -0.942. The van der Waals surface area contributed by atoms with Crippen molar-refractivity contribution in [2.75, 3.05) is 0 Å². The third-order valence-corrected chi connectivity index (χ3v) is 0.236. The fourth-order valence-electron chi connectivity index (χ4n) is 0.0481. The van der Waals surface area contributed by atoms with Crippen LogP contribution in [0.3, 0.4) is 0 Å². The fourth-order valence-corrected chi connectivity index (χ4v) is 0.0481. The van der Waals surface area contributed by atoms with Gasteiger partial charge in [-0.15, -0.1) is 0 Å². The Morgan fingerprint density at radius 3 is 1.14 bits per heavy atom. The second-order valence-corrected chi connectivity index (χ2v) is 0.577. The molecule has 0 aliphatic rings. The smallest absolute Gasteiger partial charge is 0.195 e. The van der Waals surface area contributed by atoms with E-state index in [2.05, 4.69) is 14.4 Å². The average molecular weight is 107 g/mol. The monoisotopic (exact) mass is 107 g/mol. The molecular weight excluding hydrogens is 107 g/mol. The summed E-state index contributed by atoms with van der Waals surface area (Å²) in [4.78, 5) is 8.19. The normalized spacial score (nSPS) is 9.00. The second kappa shape index (κ2) is 4.00. The van der Waals surface area contributed by atoms with Crippen LogP contribution >= 0.6 is 0 Å². The van der Waals surface area contributed by atoms with Gasteiger partial charge in [0.2, 0.25) is 0 Å². The zero-order valence-electron chi connectivity index (χ0n) is 3.03. The molecule has 0 amide bonds. The van der Waals surface area contributed by atoms with Gasteiger partial charge >= 0.3 is 7.32 Å². The largest absolute Gasteiger partial charge is 0.732 e. The molecule has 0 saturated heterocycles. The van der Waals surface area contributed by atoms with E-state index < -0.39 is 7.32 Å². The van der Waals surface area contributed by atoms with Crippen LogP contribution in [0.2, 0.25) is 0 Å². The summed E-state index contributed by atoms with van der Waals surface area (Å²) < 4.78 is 0. The molecule has 0 N–H and O–H groups in total. The molecule has 0 aliphatic heterocycles. The van der Waals surface area contributed by atoms with Crippen molar-refractivity contribution < 1.29 is 30.2 Å². The summed E-state index contributed by atoms with van der Waals surface area (Å²) in [7, 11) is -2.18.